The Morgan fingerprint density at radius 1 is 0.698 bits per heavy atom. The number of halogens is 6. The van der Waals surface area contributed by atoms with Gasteiger partial charge in [-0.15, -0.1) is 0 Å². The zero-order valence-corrected chi connectivity index (χ0v) is 30.5. The number of alkyl halides is 3. The van der Waals surface area contributed by atoms with Crippen molar-refractivity contribution in [2.24, 2.45) is 0 Å². The van der Waals surface area contributed by atoms with Crippen molar-refractivity contribution < 1.29 is 27.4 Å². The molecular formula is C35H33Cl3F3N9O3. The van der Waals surface area contributed by atoms with Gasteiger partial charge in [-0.05, 0) is 42.8 Å². The molecule has 18 heteroatoms. The van der Waals surface area contributed by atoms with E-state index in [1.54, 1.807) is 18.2 Å². The lowest BCUT2D eigenvalue weighted by Crippen LogP contribution is -2.36. The van der Waals surface area contributed by atoms with Crippen LogP contribution in [-0.2, 0) is 15.7 Å². The fraction of sp³-hybridized carbons (Fsp3) is 0.286. The first-order valence-corrected chi connectivity index (χ1v) is 17.3. The maximum atomic E-state index is 13.0. The molecule has 12 nitrogen and oxygen atoms in total. The van der Waals surface area contributed by atoms with E-state index in [9.17, 15) is 18.0 Å². The van der Waals surface area contributed by atoms with Crippen molar-refractivity contribution in [2.45, 2.75) is 13.1 Å². The van der Waals surface area contributed by atoms with E-state index in [0.717, 1.165) is 74.3 Å². The quantitative estimate of drug-likeness (QED) is 0.180. The van der Waals surface area contributed by atoms with Gasteiger partial charge in [0.1, 0.15) is 46.1 Å². The molecule has 2 aliphatic heterocycles. The van der Waals surface area contributed by atoms with Crippen LogP contribution in [0.5, 0.6) is 0 Å². The summed E-state index contributed by atoms with van der Waals surface area (Å²) >= 11 is 16.6. The number of aryl methyl sites for hydroxylation is 1. The van der Waals surface area contributed by atoms with Crippen LogP contribution in [0.2, 0.25) is 15.5 Å². The average molecular weight is 791 g/mol. The number of aromatic nitrogens is 6. The van der Waals surface area contributed by atoms with Gasteiger partial charge in [0.05, 0.1) is 37.7 Å². The van der Waals surface area contributed by atoms with Crippen molar-refractivity contribution >= 4 is 58.0 Å². The van der Waals surface area contributed by atoms with Crippen LogP contribution in [0, 0.1) is 6.92 Å². The molecule has 53 heavy (non-hydrogen) atoms. The minimum atomic E-state index is -4.52. The number of hydrogen-bond acceptors (Lipinski definition) is 11. The number of rotatable bonds is 5. The van der Waals surface area contributed by atoms with Gasteiger partial charge in [-0.1, -0.05) is 46.9 Å². The summed E-state index contributed by atoms with van der Waals surface area (Å²) in [4.78, 5) is 40.7. The van der Waals surface area contributed by atoms with Crippen molar-refractivity contribution in [3.05, 3.63) is 112 Å². The van der Waals surface area contributed by atoms with Crippen LogP contribution in [-0.4, -0.2) is 88.4 Å². The van der Waals surface area contributed by atoms with Crippen molar-refractivity contribution in [1.82, 2.24) is 29.9 Å². The minimum Gasteiger partial charge on any atom is -0.378 e. The van der Waals surface area contributed by atoms with Crippen LogP contribution < -0.4 is 15.1 Å². The SMILES string of the molecule is Cc1ccc(NC(=O)c2cccc(C(F)(F)F)c2)cc1-c1cc(N2CCOCC2)ncn1.Clc1cc(Cl)ncn1.Clc1cc(N2CCOCC2)ncn1. The van der Waals surface area contributed by atoms with Gasteiger partial charge in [-0.25, -0.2) is 29.9 Å². The molecule has 0 bridgehead atoms. The molecule has 0 spiro atoms. The molecule has 2 aliphatic rings. The highest BCUT2D eigenvalue weighted by atomic mass is 35.5. The van der Waals surface area contributed by atoms with Gasteiger partial charge in [-0.3, -0.25) is 4.79 Å². The van der Waals surface area contributed by atoms with Crippen LogP contribution in [0.15, 0.2) is 79.6 Å². The smallest absolute Gasteiger partial charge is 0.378 e. The normalized spacial score (nSPS) is 14.3. The highest BCUT2D eigenvalue weighted by Crippen LogP contribution is 2.31. The summed E-state index contributed by atoms with van der Waals surface area (Å²) in [5.41, 5.74) is 1.94. The van der Waals surface area contributed by atoms with E-state index in [2.05, 4.69) is 45.0 Å². The number of nitrogens with zero attached hydrogens (tertiary/aromatic N) is 8. The maximum absolute atomic E-state index is 13.0. The first-order valence-electron chi connectivity index (χ1n) is 16.1. The first-order chi connectivity index (χ1) is 25.5. The molecule has 5 heterocycles. The molecule has 2 fully saturated rings. The Balaban J connectivity index is 0.000000208. The average Bonchev–Trinajstić information content (AvgIpc) is 3.16. The largest absolute Gasteiger partial charge is 0.416 e. The topological polar surface area (TPSA) is 131 Å². The summed E-state index contributed by atoms with van der Waals surface area (Å²) in [5, 5.41) is 3.89. The summed E-state index contributed by atoms with van der Waals surface area (Å²) < 4.78 is 49.5. The maximum Gasteiger partial charge on any atom is 0.416 e. The van der Waals surface area contributed by atoms with Crippen molar-refractivity contribution in [3.63, 3.8) is 0 Å². The Bertz CT molecular complexity index is 1970. The van der Waals surface area contributed by atoms with Gasteiger partial charge in [0, 0.05) is 61.2 Å². The van der Waals surface area contributed by atoms with Crippen molar-refractivity contribution in [1.29, 1.82) is 0 Å². The summed E-state index contributed by atoms with van der Waals surface area (Å²) in [5.74, 6) is 1.04. The number of anilines is 3. The van der Waals surface area contributed by atoms with Gasteiger partial charge in [0.25, 0.3) is 5.91 Å². The predicted molar refractivity (Wildman–Crippen MR) is 197 cm³/mol. The summed E-state index contributed by atoms with van der Waals surface area (Å²) in [6.45, 7) is 7.91. The number of carbonyl (C=O) groups is 1. The molecule has 0 saturated carbocycles. The van der Waals surface area contributed by atoms with E-state index < -0.39 is 17.6 Å². The van der Waals surface area contributed by atoms with Crippen LogP contribution in [0.25, 0.3) is 11.3 Å². The Morgan fingerprint density at radius 2 is 1.25 bits per heavy atom. The van der Waals surface area contributed by atoms with Crippen LogP contribution in [0.1, 0.15) is 21.5 Å². The number of hydrogen-bond donors (Lipinski definition) is 1. The minimum absolute atomic E-state index is 0.0708. The van der Waals surface area contributed by atoms with E-state index in [1.165, 1.54) is 37.2 Å². The predicted octanol–water partition coefficient (Wildman–Crippen LogP) is 7.31. The molecule has 5 aromatic rings. The molecular weight excluding hydrogens is 758 g/mol. The second-order valence-electron chi connectivity index (χ2n) is 11.4. The Morgan fingerprint density at radius 3 is 1.79 bits per heavy atom. The lowest BCUT2D eigenvalue weighted by atomic mass is 10.0. The number of carbonyl (C=O) groups excluding carboxylic acids is 1. The van der Waals surface area contributed by atoms with E-state index in [4.69, 9.17) is 44.3 Å². The molecule has 0 aliphatic carbocycles. The molecule has 0 unspecified atom stereocenters. The molecule has 0 radical (unpaired) electrons. The van der Waals surface area contributed by atoms with Gasteiger partial charge in [0.15, 0.2) is 0 Å². The van der Waals surface area contributed by atoms with Crippen LogP contribution >= 0.6 is 34.8 Å². The molecule has 2 saturated heterocycles. The third kappa shape index (κ3) is 11.9. The number of benzene rings is 2. The van der Waals surface area contributed by atoms with E-state index >= 15 is 0 Å². The van der Waals surface area contributed by atoms with E-state index in [0.29, 0.717) is 40.1 Å². The van der Waals surface area contributed by atoms with E-state index in [-0.39, 0.29) is 5.56 Å². The molecule has 1 amide bonds. The molecule has 7 rings (SSSR count). The number of nitrogens with one attached hydrogen (secondary N) is 1. The third-order valence-corrected chi connectivity index (χ3v) is 8.39. The van der Waals surface area contributed by atoms with Gasteiger partial charge in [-0.2, -0.15) is 13.2 Å². The Hall–Kier alpha value is -4.67. The molecule has 3 aromatic heterocycles. The van der Waals surface area contributed by atoms with Crippen LogP contribution in [0.3, 0.4) is 0 Å². The van der Waals surface area contributed by atoms with Gasteiger partial charge in [0.2, 0.25) is 0 Å². The standard InChI is InChI=1S/C23H21F3N4O2.C8H10ClN3O.C4H2Cl2N2/c1-15-5-6-18(29-22(31)16-3-2-4-17(11-16)23(24,25)26)12-19(15)20-13-21(28-14-27-20)30-7-9-32-10-8-30;9-7-5-8(11-6-10-7)12-1-3-13-4-2-12;5-3-1-4(6)8-2-7-3/h2-6,11-14H,7-10H2,1H3,(H,29,31);5-6H,1-4H2;1-2H. The Kier molecular flexibility index (Phi) is 14.1. The zero-order valence-electron chi connectivity index (χ0n) is 28.2. The highest BCUT2D eigenvalue weighted by Gasteiger charge is 2.31. The number of amides is 1. The lowest BCUT2D eigenvalue weighted by molar-refractivity contribution is -0.137. The molecule has 2 aromatic carbocycles. The summed E-state index contributed by atoms with van der Waals surface area (Å²) in [6, 6.07) is 14.7. The van der Waals surface area contributed by atoms with Gasteiger partial charge >= 0.3 is 6.18 Å². The zero-order chi connectivity index (χ0) is 37.8. The highest BCUT2D eigenvalue weighted by molar-refractivity contribution is 6.33. The summed E-state index contributed by atoms with van der Waals surface area (Å²) in [6.07, 6.45) is -0.232. The van der Waals surface area contributed by atoms with Gasteiger partial charge < -0.3 is 24.6 Å². The fourth-order valence-electron chi connectivity index (χ4n) is 5.08. The molecule has 278 valence electrons. The summed E-state index contributed by atoms with van der Waals surface area (Å²) in [7, 11) is 0. The van der Waals surface area contributed by atoms with Crippen LogP contribution in [0.4, 0.5) is 30.5 Å². The fourth-order valence-corrected chi connectivity index (χ4v) is 5.57. The van der Waals surface area contributed by atoms with Crippen molar-refractivity contribution in [3.8, 4) is 11.3 Å². The second-order valence-corrected chi connectivity index (χ2v) is 12.5. The lowest BCUT2D eigenvalue weighted by Gasteiger charge is -2.27. The monoisotopic (exact) mass is 789 g/mol. The number of morpholine rings is 2. The third-order valence-electron chi connectivity index (χ3n) is 7.77. The number of ether oxygens (including phenoxy) is 2. The Labute approximate surface area is 318 Å². The first kappa shape index (κ1) is 39.5. The second kappa shape index (κ2) is 18.9. The molecule has 0 atom stereocenters. The molecule has 1 N–H and O–H groups in total. The van der Waals surface area contributed by atoms with E-state index in [1.807, 2.05) is 19.1 Å². The van der Waals surface area contributed by atoms with Crippen molar-refractivity contribution in [2.75, 3.05) is 67.7 Å².